The number of amides is 2. The number of benzene rings is 3. The summed E-state index contributed by atoms with van der Waals surface area (Å²) in [5, 5.41) is 5.96. The van der Waals surface area contributed by atoms with Crippen LogP contribution in [0, 0.1) is 12.8 Å². The van der Waals surface area contributed by atoms with Crippen LogP contribution in [-0.2, 0) is 21.4 Å². The summed E-state index contributed by atoms with van der Waals surface area (Å²) in [4.78, 5) is 27.6. The van der Waals surface area contributed by atoms with Crippen molar-refractivity contribution in [3.8, 4) is 11.1 Å². The first-order valence-corrected chi connectivity index (χ1v) is 16.6. The summed E-state index contributed by atoms with van der Waals surface area (Å²) < 4.78 is 62.2. The van der Waals surface area contributed by atoms with Crippen molar-refractivity contribution in [2.24, 2.45) is 5.92 Å². The summed E-state index contributed by atoms with van der Waals surface area (Å²) in [6.45, 7) is 2.37. The van der Waals surface area contributed by atoms with Crippen LogP contribution in [-0.4, -0.2) is 61.1 Å². The van der Waals surface area contributed by atoms with Gasteiger partial charge in [-0.1, -0.05) is 49.6 Å². The Hall–Kier alpha value is -3.74. The summed E-state index contributed by atoms with van der Waals surface area (Å²) in [6.07, 6.45) is 5.25. The van der Waals surface area contributed by atoms with Crippen LogP contribution in [0.2, 0.25) is 0 Å². The van der Waals surface area contributed by atoms with E-state index in [1.165, 1.54) is 6.42 Å². The van der Waals surface area contributed by atoms with E-state index >= 15 is 0 Å². The molecule has 3 aromatic rings. The summed E-state index contributed by atoms with van der Waals surface area (Å²) in [5.74, 6) is -0.136. The van der Waals surface area contributed by atoms with E-state index in [-0.39, 0.29) is 43.9 Å². The summed E-state index contributed by atoms with van der Waals surface area (Å²) >= 11 is 0. The van der Waals surface area contributed by atoms with Crippen LogP contribution in [0.5, 0.6) is 0 Å². The van der Waals surface area contributed by atoms with Gasteiger partial charge in [0.15, 0.2) is 0 Å². The Kier molecular flexibility index (Phi) is 9.95. The van der Waals surface area contributed by atoms with E-state index in [4.69, 9.17) is 0 Å². The predicted molar refractivity (Wildman–Crippen MR) is 168 cm³/mol. The Bertz CT molecular complexity index is 1610. The molecule has 5 rings (SSSR count). The molecule has 1 aliphatic carbocycles. The molecule has 0 spiro atoms. The number of carbonyl (C=O) groups is 2. The lowest BCUT2D eigenvalue weighted by molar-refractivity contribution is -0.120. The van der Waals surface area contributed by atoms with E-state index in [1.54, 1.807) is 24.3 Å². The van der Waals surface area contributed by atoms with Gasteiger partial charge in [-0.25, -0.2) is 8.42 Å². The summed E-state index contributed by atoms with van der Waals surface area (Å²) in [6, 6.07) is 20.3. The second-order valence-electron chi connectivity index (χ2n) is 11.7. The summed E-state index contributed by atoms with van der Waals surface area (Å²) in [5.41, 5.74) is 0.374. The smallest absolute Gasteiger partial charge is 0.326 e. The number of carbonyl (C=O) groups excluding carboxylic acids is 2. The fraction of sp³-hybridized carbons (Fsp3) is 0.394. The molecule has 1 heterocycles. The first kappa shape index (κ1) is 32.6. The minimum Gasteiger partial charge on any atom is -0.326 e. The molecule has 8 nitrogen and oxygen atoms in total. The van der Waals surface area contributed by atoms with Gasteiger partial charge < -0.3 is 10.6 Å². The van der Waals surface area contributed by atoms with Crippen molar-refractivity contribution < 1.29 is 31.2 Å². The highest BCUT2D eigenvalue weighted by Crippen LogP contribution is 2.30. The van der Waals surface area contributed by atoms with Gasteiger partial charge in [-0.05, 0) is 78.4 Å². The van der Waals surface area contributed by atoms with Gasteiger partial charge in [0, 0.05) is 55.6 Å². The Morgan fingerprint density at radius 2 is 1.44 bits per heavy atom. The van der Waals surface area contributed by atoms with E-state index < -0.39 is 15.5 Å². The van der Waals surface area contributed by atoms with Gasteiger partial charge in [0.1, 0.15) is 0 Å². The van der Waals surface area contributed by atoms with Crippen LogP contribution in [0.4, 0.5) is 24.5 Å². The van der Waals surface area contributed by atoms with E-state index in [0.717, 1.165) is 53.6 Å². The molecule has 1 saturated carbocycles. The summed E-state index contributed by atoms with van der Waals surface area (Å²) in [7, 11) is -5.31. The Morgan fingerprint density at radius 1 is 0.822 bits per heavy atom. The third kappa shape index (κ3) is 7.92. The van der Waals surface area contributed by atoms with Crippen molar-refractivity contribution >= 4 is 33.2 Å². The van der Waals surface area contributed by atoms with Crippen molar-refractivity contribution in [2.45, 2.75) is 51.1 Å². The van der Waals surface area contributed by atoms with Crippen LogP contribution in [0.15, 0.2) is 66.7 Å². The third-order valence-corrected chi connectivity index (χ3v) is 10.2. The molecule has 0 atom stereocenters. The number of nitrogens with one attached hydrogen (secondary N) is 2. The fourth-order valence-corrected chi connectivity index (χ4v) is 6.79. The molecule has 0 unspecified atom stereocenters. The zero-order valence-corrected chi connectivity index (χ0v) is 25.9. The molecule has 2 amide bonds. The lowest BCUT2D eigenvalue weighted by atomic mass is 9.88. The highest BCUT2D eigenvalue weighted by Gasteiger charge is 2.50. The van der Waals surface area contributed by atoms with Gasteiger partial charge in [-0.2, -0.15) is 17.5 Å². The lowest BCUT2D eigenvalue weighted by Crippen LogP contribution is -2.51. The molecule has 45 heavy (non-hydrogen) atoms. The predicted octanol–water partition coefficient (Wildman–Crippen LogP) is 6.40. The van der Waals surface area contributed by atoms with Gasteiger partial charge in [0.2, 0.25) is 5.91 Å². The largest absolute Gasteiger partial charge is 0.511 e. The number of piperazine rings is 1. The number of aryl methyl sites for hydroxylation is 1. The van der Waals surface area contributed by atoms with Crippen molar-refractivity contribution in [1.82, 2.24) is 9.21 Å². The first-order valence-electron chi connectivity index (χ1n) is 15.1. The van der Waals surface area contributed by atoms with Crippen LogP contribution < -0.4 is 10.6 Å². The maximum absolute atomic E-state index is 12.9. The maximum Gasteiger partial charge on any atom is 0.511 e. The highest BCUT2D eigenvalue weighted by atomic mass is 32.2. The zero-order valence-electron chi connectivity index (χ0n) is 25.1. The van der Waals surface area contributed by atoms with E-state index in [2.05, 4.69) is 10.6 Å². The van der Waals surface area contributed by atoms with Gasteiger partial charge in [0.25, 0.3) is 5.91 Å². The Morgan fingerprint density at radius 3 is 2.07 bits per heavy atom. The number of hydrogen-bond donors (Lipinski definition) is 2. The van der Waals surface area contributed by atoms with Crippen molar-refractivity contribution in [3.63, 3.8) is 0 Å². The van der Waals surface area contributed by atoms with E-state index in [9.17, 15) is 31.2 Å². The standard InChI is InChI=1S/C33H37F3N4O4S/c1-23-7-14-29(38-31(41)26-5-3-2-4-6-26)21-30(23)25-10-12-27(13-11-25)32(42)37-28-15-8-24(9-16-28)22-39-17-19-40(20-18-39)45(43,44)33(34,35)36/h7-16,21,26H,2-6,17-20,22H2,1H3,(H,37,42)(H,38,41). The maximum atomic E-state index is 12.9. The zero-order chi connectivity index (χ0) is 32.2. The van der Waals surface area contributed by atoms with Gasteiger partial charge in [-0.3, -0.25) is 14.5 Å². The Labute approximate surface area is 261 Å². The monoisotopic (exact) mass is 642 g/mol. The van der Waals surface area contributed by atoms with Crippen LogP contribution in [0.3, 0.4) is 0 Å². The Balaban J connectivity index is 1.15. The number of alkyl halides is 3. The van der Waals surface area contributed by atoms with Crippen molar-refractivity contribution in [2.75, 3.05) is 36.8 Å². The molecule has 1 aliphatic heterocycles. The molecule has 0 aromatic heterocycles. The minimum absolute atomic E-state index is 0.0661. The number of halogens is 3. The molecule has 12 heteroatoms. The molecule has 3 aromatic carbocycles. The number of sulfonamides is 1. The minimum atomic E-state index is -5.31. The average Bonchev–Trinajstić information content (AvgIpc) is 3.03. The second-order valence-corrected chi connectivity index (χ2v) is 13.6. The van der Waals surface area contributed by atoms with Gasteiger partial charge in [-0.15, -0.1) is 0 Å². The molecule has 2 fully saturated rings. The fourth-order valence-electron chi connectivity index (χ4n) is 5.85. The second kappa shape index (κ2) is 13.7. The van der Waals surface area contributed by atoms with Crippen LogP contribution in [0.1, 0.15) is 53.6 Å². The number of hydrogen-bond acceptors (Lipinski definition) is 5. The quantitative estimate of drug-likeness (QED) is 0.296. The topological polar surface area (TPSA) is 98.8 Å². The SMILES string of the molecule is Cc1ccc(NC(=O)C2CCCCC2)cc1-c1ccc(C(=O)Nc2ccc(CN3CCN(S(=O)(=O)C(F)(F)F)CC3)cc2)cc1. The van der Waals surface area contributed by atoms with Crippen LogP contribution >= 0.6 is 0 Å². The number of anilines is 2. The lowest BCUT2D eigenvalue weighted by Gasteiger charge is -2.34. The van der Waals surface area contributed by atoms with Gasteiger partial charge in [0.05, 0.1) is 0 Å². The van der Waals surface area contributed by atoms with E-state index in [1.807, 2.05) is 54.3 Å². The first-order chi connectivity index (χ1) is 21.4. The highest BCUT2D eigenvalue weighted by molar-refractivity contribution is 7.90. The molecule has 1 saturated heterocycles. The molecular weight excluding hydrogens is 605 g/mol. The van der Waals surface area contributed by atoms with Crippen LogP contribution in [0.25, 0.3) is 11.1 Å². The molecule has 0 bridgehead atoms. The van der Waals surface area contributed by atoms with E-state index in [0.29, 0.717) is 22.1 Å². The molecule has 240 valence electrons. The molecule has 2 N–H and O–H groups in total. The van der Waals surface area contributed by atoms with Crippen molar-refractivity contribution in [1.29, 1.82) is 0 Å². The number of nitrogens with zero attached hydrogens (tertiary/aromatic N) is 2. The van der Waals surface area contributed by atoms with Gasteiger partial charge >= 0.3 is 15.5 Å². The molecule has 2 aliphatic rings. The molecule has 0 radical (unpaired) electrons. The number of rotatable bonds is 8. The normalized spacial score (nSPS) is 17.2. The third-order valence-electron chi connectivity index (χ3n) is 8.52. The van der Waals surface area contributed by atoms with Crippen molar-refractivity contribution in [3.05, 3.63) is 83.4 Å². The average molecular weight is 643 g/mol. The molecular formula is C33H37F3N4O4S.